The van der Waals surface area contributed by atoms with Crippen LogP contribution >= 0.6 is 11.3 Å². The van der Waals surface area contributed by atoms with E-state index in [2.05, 4.69) is 4.98 Å². The van der Waals surface area contributed by atoms with Gasteiger partial charge in [-0.1, -0.05) is 0 Å². The second kappa shape index (κ2) is 6.30. The van der Waals surface area contributed by atoms with Crippen LogP contribution in [0.5, 0.6) is 0 Å². The van der Waals surface area contributed by atoms with Gasteiger partial charge in [0.15, 0.2) is 0 Å². The Morgan fingerprint density at radius 2 is 1.65 bits per heavy atom. The summed E-state index contributed by atoms with van der Waals surface area (Å²) in [6.07, 6.45) is 0. The minimum Gasteiger partial charge on any atom is -0.372 e. The van der Waals surface area contributed by atoms with Gasteiger partial charge in [0.05, 0.1) is 21.1 Å². The molecule has 134 valence electrons. The van der Waals surface area contributed by atoms with Crippen molar-refractivity contribution < 1.29 is 9.85 Å². The minimum absolute atomic E-state index is 0.101. The largest absolute Gasteiger partial charge is 0.372 e. The van der Waals surface area contributed by atoms with E-state index in [4.69, 9.17) is 0 Å². The van der Waals surface area contributed by atoms with Crippen LogP contribution in [0.3, 0.4) is 0 Å². The molecule has 0 spiro atoms. The van der Waals surface area contributed by atoms with Gasteiger partial charge in [-0.15, -0.1) is 11.3 Å². The SMILES string of the molecule is CN(C)c1ccc2nc3ccc(=[N+](C)C)c([N+](=O)[O-])c-3sc2c1[N+](=O)[O-]. The molecule has 1 aliphatic heterocycles. The van der Waals surface area contributed by atoms with Crippen LogP contribution in [0.15, 0.2) is 24.3 Å². The fraction of sp³-hybridized carbons (Fsp3) is 0.250. The monoisotopic (exact) mass is 374 g/mol. The second-order valence-electron chi connectivity index (χ2n) is 6.08. The van der Waals surface area contributed by atoms with Crippen molar-refractivity contribution in [3.05, 3.63) is 49.9 Å². The molecule has 0 bridgehead atoms. The van der Waals surface area contributed by atoms with Crippen LogP contribution in [-0.4, -0.2) is 43.0 Å². The fourth-order valence-corrected chi connectivity index (χ4v) is 3.98. The lowest BCUT2D eigenvalue weighted by Gasteiger charge is -2.14. The van der Waals surface area contributed by atoms with Crippen LogP contribution in [0.25, 0.3) is 20.8 Å². The summed E-state index contributed by atoms with van der Waals surface area (Å²) in [6.45, 7) is 0. The van der Waals surface area contributed by atoms with E-state index in [1.54, 1.807) is 61.9 Å². The van der Waals surface area contributed by atoms with Crippen LogP contribution < -0.4 is 14.8 Å². The molecule has 0 amide bonds. The predicted molar refractivity (Wildman–Crippen MR) is 101 cm³/mol. The highest BCUT2D eigenvalue weighted by atomic mass is 32.1. The van der Waals surface area contributed by atoms with E-state index in [0.29, 0.717) is 31.8 Å². The average Bonchev–Trinajstić information content (AvgIpc) is 2.56. The summed E-state index contributed by atoms with van der Waals surface area (Å²) in [5.74, 6) is 0. The van der Waals surface area contributed by atoms with Crippen molar-refractivity contribution in [3.63, 3.8) is 0 Å². The lowest BCUT2D eigenvalue weighted by molar-refractivity contribution is -0.385. The van der Waals surface area contributed by atoms with Crippen molar-refractivity contribution in [2.24, 2.45) is 0 Å². The molecule has 0 radical (unpaired) electrons. The third-order valence-electron chi connectivity index (χ3n) is 3.95. The Labute approximate surface area is 152 Å². The molecule has 0 aromatic heterocycles. The molecule has 0 fully saturated rings. The van der Waals surface area contributed by atoms with Crippen molar-refractivity contribution in [2.75, 3.05) is 33.1 Å². The van der Waals surface area contributed by atoms with Crippen LogP contribution in [-0.2, 0) is 0 Å². The molecule has 3 rings (SSSR count). The van der Waals surface area contributed by atoms with Crippen molar-refractivity contribution in [1.29, 1.82) is 0 Å². The molecular weight excluding hydrogens is 358 g/mol. The van der Waals surface area contributed by atoms with Crippen LogP contribution in [0.1, 0.15) is 0 Å². The fourth-order valence-electron chi connectivity index (χ4n) is 2.78. The summed E-state index contributed by atoms with van der Waals surface area (Å²) in [6, 6.07) is 6.65. The van der Waals surface area contributed by atoms with Gasteiger partial charge in [-0.25, -0.2) is 9.56 Å². The smallest absolute Gasteiger partial charge is 0.358 e. The maximum atomic E-state index is 11.7. The summed E-state index contributed by atoms with van der Waals surface area (Å²) < 4.78 is 1.95. The lowest BCUT2D eigenvalue weighted by atomic mass is 10.2. The Morgan fingerprint density at radius 3 is 2.19 bits per heavy atom. The molecule has 26 heavy (non-hydrogen) atoms. The normalized spacial score (nSPS) is 10.9. The van der Waals surface area contributed by atoms with E-state index in [0.717, 1.165) is 11.3 Å². The number of nitro benzene ring substituents is 2. The van der Waals surface area contributed by atoms with Gasteiger partial charge in [-0.05, 0) is 18.2 Å². The number of anilines is 1. The zero-order valence-electron chi connectivity index (χ0n) is 14.6. The number of hydrogen-bond donors (Lipinski definition) is 0. The van der Waals surface area contributed by atoms with Crippen molar-refractivity contribution in [3.8, 4) is 10.6 Å². The number of rotatable bonds is 3. The third kappa shape index (κ3) is 2.73. The number of hydrogen-bond acceptors (Lipinski definition) is 7. The Balaban J connectivity index is 2.57. The van der Waals surface area contributed by atoms with E-state index >= 15 is 0 Å². The average molecular weight is 374 g/mol. The summed E-state index contributed by atoms with van der Waals surface area (Å²) in [5.41, 5.74) is 1.10. The molecule has 1 aliphatic carbocycles. The number of aromatic nitrogens is 1. The molecule has 1 aromatic rings. The maximum absolute atomic E-state index is 11.7. The first-order valence-corrected chi connectivity index (χ1v) is 8.41. The molecule has 0 unspecified atom stereocenters. The van der Waals surface area contributed by atoms with E-state index in [1.807, 2.05) is 0 Å². The van der Waals surface area contributed by atoms with E-state index in [1.165, 1.54) is 0 Å². The van der Waals surface area contributed by atoms with Crippen molar-refractivity contribution in [2.45, 2.75) is 0 Å². The highest BCUT2D eigenvalue weighted by Gasteiger charge is 2.29. The van der Waals surface area contributed by atoms with Gasteiger partial charge in [-0.2, -0.15) is 0 Å². The molecule has 0 saturated carbocycles. The number of nitrogens with zero attached hydrogens (tertiary/aromatic N) is 5. The molecule has 0 N–H and O–H groups in total. The van der Waals surface area contributed by atoms with Crippen LogP contribution in [0.2, 0.25) is 0 Å². The first kappa shape index (κ1) is 17.7. The first-order chi connectivity index (χ1) is 12.2. The third-order valence-corrected chi connectivity index (χ3v) is 5.17. The molecule has 2 aliphatic rings. The Kier molecular flexibility index (Phi) is 4.28. The predicted octanol–water partition coefficient (Wildman–Crippen LogP) is 2.32. The highest BCUT2D eigenvalue weighted by molar-refractivity contribution is 7.22. The number of nitro groups is 2. The maximum Gasteiger partial charge on any atom is 0.358 e. The molecule has 10 heteroatoms. The summed E-state index contributed by atoms with van der Waals surface area (Å²) in [4.78, 5) is 28.8. The molecule has 0 saturated heterocycles. The van der Waals surface area contributed by atoms with Gasteiger partial charge < -0.3 is 4.90 Å². The zero-order valence-corrected chi connectivity index (χ0v) is 15.4. The Morgan fingerprint density at radius 1 is 1.00 bits per heavy atom. The van der Waals surface area contributed by atoms with Gasteiger partial charge in [-0.3, -0.25) is 20.2 Å². The topological polar surface area (TPSA) is 105 Å². The lowest BCUT2D eigenvalue weighted by Crippen LogP contribution is -2.25. The van der Waals surface area contributed by atoms with Crippen LogP contribution in [0, 0.1) is 20.2 Å². The molecule has 1 aromatic carbocycles. The van der Waals surface area contributed by atoms with Crippen molar-refractivity contribution in [1.82, 2.24) is 9.56 Å². The quantitative estimate of drug-likeness (QED) is 0.301. The van der Waals surface area contributed by atoms with Crippen LogP contribution in [0.4, 0.5) is 17.1 Å². The number of benzene rings is 2. The summed E-state index contributed by atoms with van der Waals surface area (Å²) in [5, 5.41) is 23.8. The molecule has 0 atom stereocenters. The zero-order chi connectivity index (χ0) is 19.2. The standard InChI is InChI=1S/C16H16N5O4S/c1-18(2)11-7-5-9-15(13(11)20(22)23)26-16-10(17-9)6-8-12(19(3)4)14(16)21(24)25/h5-8H,1-4H3/q+1. The van der Waals surface area contributed by atoms with Gasteiger partial charge in [0.25, 0.3) is 5.36 Å². The van der Waals surface area contributed by atoms with Gasteiger partial charge in [0.1, 0.15) is 29.4 Å². The number of fused-ring (bicyclic) bond motifs is 2. The van der Waals surface area contributed by atoms with Crippen molar-refractivity contribution >= 4 is 38.6 Å². The van der Waals surface area contributed by atoms with E-state index in [-0.39, 0.29) is 11.4 Å². The summed E-state index contributed by atoms with van der Waals surface area (Å²) >= 11 is 1.03. The highest BCUT2D eigenvalue weighted by Crippen LogP contribution is 2.42. The van der Waals surface area contributed by atoms with Gasteiger partial charge in [0, 0.05) is 20.2 Å². The van der Waals surface area contributed by atoms with E-state index in [9.17, 15) is 20.2 Å². The van der Waals surface area contributed by atoms with Gasteiger partial charge >= 0.3 is 11.4 Å². The molecular formula is C16H16N5O4S+. The summed E-state index contributed by atoms with van der Waals surface area (Å²) in [7, 11) is 6.83. The minimum atomic E-state index is -0.469. The van der Waals surface area contributed by atoms with Gasteiger partial charge in [0.2, 0.25) is 0 Å². The Bertz CT molecular complexity index is 1100. The second-order valence-corrected chi connectivity index (χ2v) is 7.10. The first-order valence-electron chi connectivity index (χ1n) is 7.59. The molecule has 9 nitrogen and oxygen atoms in total. The Hall–Kier alpha value is -3.14. The van der Waals surface area contributed by atoms with E-state index < -0.39 is 9.85 Å². The molecule has 1 heterocycles.